The van der Waals surface area contributed by atoms with Gasteiger partial charge in [-0.3, -0.25) is 14.8 Å². The highest BCUT2D eigenvalue weighted by atomic mass is 16.5. The number of nitrogens with one attached hydrogen (secondary N) is 1. The van der Waals surface area contributed by atoms with Crippen LogP contribution in [-0.2, 0) is 11.3 Å². The number of guanidine groups is 1. The summed E-state index contributed by atoms with van der Waals surface area (Å²) in [5.41, 5.74) is 7.33. The lowest BCUT2D eigenvalue weighted by molar-refractivity contribution is 0.117. The second kappa shape index (κ2) is 9.75. The van der Waals surface area contributed by atoms with E-state index in [0.717, 1.165) is 65.3 Å². The van der Waals surface area contributed by atoms with Crippen molar-refractivity contribution in [3.05, 3.63) is 35.9 Å². The maximum atomic E-state index is 5.93. The minimum absolute atomic E-state index is 0.262. The quantitative estimate of drug-likeness (QED) is 0.567. The van der Waals surface area contributed by atoms with Crippen LogP contribution in [0.25, 0.3) is 0 Å². The average Bonchev–Trinajstić information content (AvgIpc) is 3.16. The van der Waals surface area contributed by atoms with Crippen LogP contribution in [0.5, 0.6) is 0 Å². The Morgan fingerprint density at radius 2 is 1.92 bits per heavy atom. The Bertz CT molecular complexity index is 522. The van der Waals surface area contributed by atoms with Crippen molar-refractivity contribution >= 4 is 5.96 Å². The van der Waals surface area contributed by atoms with Crippen molar-refractivity contribution in [3.8, 4) is 0 Å². The van der Waals surface area contributed by atoms with Crippen molar-refractivity contribution in [2.45, 2.75) is 25.5 Å². The molecule has 0 amide bonds. The summed E-state index contributed by atoms with van der Waals surface area (Å²) < 4.78 is 5.55. The van der Waals surface area contributed by atoms with Crippen LogP contribution in [0.1, 0.15) is 18.4 Å². The molecule has 0 saturated carbocycles. The average molecular weight is 345 g/mol. The van der Waals surface area contributed by atoms with Gasteiger partial charge >= 0.3 is 0 Å². The van der Waals surface area contributed by atoms with Gasteiger partial charge in [0.2, 0.25) is 0 Å². The summed E-state index contributed by atoms with van der Waals surface area (Å²) in [5, 5.41) is 3.22. The van der Waals surface area contributed by atoms with Gasteiger partial charge in [0.05, 0.1) is 12.6 Å². The molecular formula is C19H31N5O. The lowest BCUT2D eigenvalue weighted by Gasteiger charge is -2.34. The monoisotopic (exact) mass is 345 g/mol. The molecule has 2 fully saturated rings. The number of ether oxygens (including phenoxy) is 1. The molecule has 3 N–H and O–H groups in total. The van der Waals surface area contributed by atoms with Crippen molar-refractivity contribution in [2.24, 2.45) is 10.7 Å². The minimum Gasteiger partial charge on any atom is -0.376 e. The van der Waals surface area contributed by atoms with E-state index in [1.807, 2.05) is 0 Å². The van der Waals surface area contributed by atoms with Crippen LogP contribution < -0.4 is 11.1 Å². The van der Waals surface area contributed by atoms with E-state index < -0.39 is 0 Å². The van der Waals surface area contributed by atoms with Gasteiger partial charge in [0, 0.05) is 52.4 Å². The molecule has 1 atom stereocenters. The second-order valence-corrected chi connectivity index (χ2v) is 6.89. The molecule has 0 aromatic heterocycles. The molecule has 6 nitrogen and oxygen atoms in total. The minimum atomic E-state index is 0.262. The SMILES string of the molecule is NC(=NC[C@H]1CCCO1)NCCN1CCN(Cc2ccccc2)CC1. The van der Waals surface area contributed by atoms with E-state index in [-0.39, 0.29) is 6.10 Å². The summed E-state index contributed by atoms with van der Waals surface area (Å²) >= 11 is 0. The zero-order valence-electron chi connectivity index (χ0n) is 15.1. The first-order valence-corrected chi connectivity index (χ1v) is 9.43. The molecule has 25 heavy (non-hydrogen) atoms. The third-order valence-corrected chi connectivity index (χ3v) is 4.94. The fourth-order valence-electron chi connectivity index (χ4n) is 3.40. The number of piperazine rings is 1. The lowest BCUT2D eigenvalue weighted by Crippen LogP contribution is -2.48. The molecule has 0 spiro atoms. The first-order chi connectivity index (χ1) is 12.3. The predicted molar refractivity (Wildman–Crippen MR) is 102 cm³/mol. The van der Waals surface area contributed by atoms with Gasteiger partial charge in [-0.1, -0.05) is 30.3 Å². The molecule has 0 aliphatic carbocycles. The Hall–Kier alpha value is -1.63. The first-order valence-electron chi connectivity index (χ1n) is 9.43. The molecular weight excluding hydrogens is 314 g/mol. The number of hydrogen-bond acceptors (Lipinski definition) is 4. The van der Waals surface area contributed by atoms with Gasteiger partial charge in [-0.25, -0.2) is 0 Å². The molecule has 1 aromatic carbocycles. The lowest BCUT2D eigenvalue weighted by atomic mass is 10.2. The highest BCUT2D eigenvalue weighted by molar-refractivity contribution is 5.77. The molecule has 2 aliphatic heterocycles. The number of rotatable bonds is 7. The van der Waals surface area contributed by atoms with Crippen LogP contribution in [0.3, 0.4) is 0 Å². The van der Waals surface area contributed by atoms with Gasteiger partial charge in [0.15, 0.2) is 5.96 Å². The molecule has 1 aromatic rings. The topological polar surface area (TPSA) is 66.1 Å². The number of benzene rings is 1. The zero-order valence-corrected chi connectivity index (χ0v) is 15.1. The Morgan fingerprint density at radius 3 is 2.64 bits per heavy atom. The highest BCUT2D eigenvalue weighted by Gasteiger charge is 2.17. The maximum Gasteiger partial charge on any atom is 0.188 e. The third-order valence-electron chi connectivity index (χ3n) is 4.94. The summed E-state index contributed by atoms with van der Waals surface area (Å²) in [7, 11) is 0. The maximum absolute atomic E-state index is 5.93. The molecule has 0 radical (unpaired) electrons. The van der Waals surface area contributed by atoms with E-state index in [1.54, 1.807) is 0 Å². The number of aliphatic imine (C=N–C) groups is 1. The molecule has 0 bridgehead atoms. The summed E-state index contributed by atoms with van der Waals surface area (Å²) in [5.74, 6) is 0.540. The summed E-state index contributed by atoms with van der Waals surface area (Å²) in [6.07, 6.45) is 2.51. The van der Waals surface area contributed by atoms with Crippen molar-refractivity contribution < 1.29 is 4.74 Å². The number of nitrogens with two attached hydrogens (primary N) is 1. The molecule has 2 saturated heterocycles. The molecule has 2 aliphatic rings. The fraction of sp³-hybridized carbons (Fsp3) is 0.632. The normalized spacial score (nSPS) is 23.0. The van der Waals surface area contributed by atoms with E-state index in [4.69, 9.17) is 10.5 Å². The van der Waals surface area contributed by atoms with E-state index in [1.165, 1.54) is 5.56 Å². The third kappa shape index (κ3) is 6.30. The van der Waals surface area contributed by atoms with Gasteiger partial charge < -0.3 is 15.8 Å². The van der Waals surface area contributed by atoms with Crippen molar-refractivity contribution in [2.75, 3.05) is 52.4 Å². The van der Waals surface area contributed by atoms with Gasteiger partial charge in [0.1, 0.15) is 0 Å². The molecule has 3 rings (SSSR count). The van der Waals surface area contributed by atoms with E-state index in [0.29, 0.717) is 12.5 Å². The standard InChI is InChI=1S/C19H31N5O/c20-19(22-15-18-7-4-14-25-18)21-8-9-23-10-12-24(13-11-23)16-17-5-2-1-3-6-17/h1-3,5-6,18H,4,7-16H2,(H3,20,21,22)/t18-/m1/s1. The Labute approximate surface area is 151 Å². The van der Waals surface area contributed by atoms with E-state index >= 15 is 0 Å². The molecule has 2 heterocycles. The fourth-order valence-corrected chi connectivity index (χ4v) is 3.40. The van der Waals surface area contributed by atoms with Crippen molar-refractivity contribution in [3.63, 3.8) is 0 Å². The Kier molecular flexibility index (Phi) is 7.09. The zero-order chi connectivity index (χ0) is 17.3. The summed E-state index contributed by atoms with van der Waals surface area (Å²) in [6, 6.07) is 10.7. The van der Waals surface area contributed by atoms with Crippen LogP contribution in [0.2, 0.25) is 0 Å². The predicted octanol–water partition coefficient (Wildman–Crippen LogP) is 0.888. The first kappa shape index (κ1) is 18.2. The number of hydrogen-bond donors (Lipinski definition) is 2. The van der Waals surface area contributed by atoms with Crippen LogP contribution in [0.4, 0.5) is 0 Å². The van der Waals surface area contributed by atoms with Crippen LogP contribution in [-0.4, -0.2) is 74.3 Å². The van der Waals surface area contributed by atoms with Crippen molar-refractivity contribution in [1.29, 1.82) is 0 Å². The second-order valence-electron chi connectivity index (χ2n) is 6.89. The summed E-state index contributed by atoms with van der Waals surface area (Å²) in [6.45, 7) is 8.92. The van der Waals surface area contributed by atoms with Crippen LogP contribution in [0, 0.1) is 0 Å². The molecule has 138 valence electrons. The van der Waals surface area contributed by atoms with Crippen LogP contribution in [0.15, 0.2) is 35.3 Å². The van der Waals surface area contributed by atoms with E-state index in [2.05, 4.69) is 50.4 Å². The number of nitrogens with zero attached hydrogens (tertiary/aromatic N) is 3. The van der Waals surface area contributed by atoms with E-state index in [9.17, 15) is 0 Å². The Morgan fingerprint density at radius 1 is 1.16 bits per heavy atom. The van der Waals surface area contributed by atoms with Gasteiger partial charge in [0.25, 0.3) is 0 Å². The highest BCUT2D eigenvalue weighted by Crippen LogP contribution is 2.11. The molecule has 0 unspecified atom stereocenters. The smallest absolute Gasteiger partial charge is 0.188 e. The van der Waals surface area contributed by atoms with Gasteiger partial charge in [-0.05, 0) is 18.4 Å². The van der Waals surface area contributed by atoms with Gasteiger partial charge in [-0.2, -0.15) is 0 Å². The Balaban J connectivity index is 1.28. The summed E-state index contributed by atoms with van der Waals surface area (Å²) in [4.78, 5) is 9.39. The van der Waals surface area contributed by atoms with Gasteiger partial charge in [-0.15, -0.1) is 0 Å². The molecule has 6 heteroatoms. The van der Waals surface area contributed by atoms with Crippen LogP contribution >= 0.6 is 0 Å². The largest absolute Gasteiger partial charge is 0.376 e. The van der Waals surface area contributed by atoms with Crippen molar-refractivity contribution in [1.82, 2.24) is 15.1 Å².